The van der Waals surface area contributed by atoms with E-state index >= 15 is 0 Å². The summed E-state index contributed by atoms with van der Waals surface area (Å²) in [6, 6.07) is 0.403. The third-order valence-electron chi connectivity index (χ3n) is 4.21. The van der Waals surface area contributed by atoms with E-state index in [2.05, 4.69) is 17.3 Å². The van der Waals surface area contributed by atoms with Crippen LogP contribution in [0.2, 0.25) is 5.02 Å². The van der Waals surface area contributed by atoms with Gasteiger partial charge in [-0.2, -0.15) is 5.10 Å². The van der Waals surface area contributed by atoms with E-state index in [4.69, 9.17) is 16.3 Å². The molecule has 2 atom stereocenters. The first-order valence-electron chi connectivity index (χ1n) is 8.14. The van der Waals surface area contributed by atoms with Gasteiger partial charge in [0.1, 0.15) is 0 Å². The molecule has 21 heavy (non-hydrogen) atoms. The number of aryl methyl sites for hydroxylation is 2. The molecule has 2 heterocycles. The highest BCUT2D eigenvalue weighted by Gasteiger charge is 2.22. The topological polar surface area (TPSA) is 39.1 Å². The Bertz CT molecular complexity index is 441. The van der Waals surface area contributed by atoms with Crippen LogP contribution in [0.25, 0.3) is 0 Å². The van der Waals surface area contributed by atoms with Crippen LogP contribution < -0.4 is 5.32 Å². The van der Waals surface area contributed by atoms with E-state index in [-0.39, 0.29) is 0 Å². The zero-order valence-electron chi connectivity index (χ0n) is 13.5. The number of hydrogen-bond donors (Lipinski definition) is 1. The van der Waals surface area contributed by atoms with Crippen LogP contribution >= 0.6 is 11.6 Å². The predicted octanol–water partition coefficient (Wildman–Crippen LogP) is 3.25. The Labute approximate surface area is 133 Å². The molecule has 2 rings (SSSR count). The molecule has 5 heteroatoms. The number of nitrogens with zero attached hydrogens (tertiary/aromatic N) is 2. The molecule has 0 saturated carbocycles. The van der Waals surface area contributed by atoms with Crippen molar-refractivity contribution in [2.75, 3.05) is 13.2 Å². The van der Waals surface area contributed by atoms with E-state index in [9.17, 15) is 0 Å². The number of hydrogen-bond acceptors (Lipinski definition) is 3. The van der Waals surface area contributed by atoms with Gasteiger partial charge in [-0.1, -0.05) is 18.5 Å². The second-order valence-electron chi connectivity index (χ2n) is 6.05. The highest BCUT2D eigenvalue weighted by molar-refractivity contribution is 6.31. The largest absolute Gasteiger partial charge is 0.378 e. The lowest BCUT2D eigenvalue weighted by molar-refractivity contribution is 0.00516. The van der Waals surface area contributed by atoms with E-state index in [1.807, 2.05) is 18.7 Å². The Morgan fingerprint density at radius 3 is 2.86 bits per heavy atom. The van der Waals surface area contributed by atoms with Gasteiger partial charge in [0.2, 0.25) is 0 Å². The Hall–Kier alpha value is -0.580. The molecule has 0 radical (unpaired) electrons. The molecule has 1 fully saturated rings. The third kappa shape index (κ3) is 4.70. The predicted molar refractivity (Wildman–Crippen MR) is 86.9 cm³/mol. The fourth-order valence-electron chi connectivity index (χ4n) is 3.03. The summed E-state index contributed by atoms with van der Waals surface area (Å²) >= 11 is 6.39. The molecule has 1 aliphatic heterocycles. The van der Waals surface area contributed by atoms with E-state index in [0.29, 0.717) is 12.1 Å². The second kappa shape index (κ2) is 8.16. The minimum Gasteiger partial charge on any atom is -0.378 e. The monoisotopic (exact) mass is 313 g/mol. The van der Waals surface area contributed by atoms with Crippen LogP contribution in [0.1, 0.15) is 50.4 Å². The maximum Gasteiger partial charge on any atom is 0.0847 e. The summed E-state index contributed by atoms with van der Waals surface area (Å²) in [6.45, 7) is 6.11. The molecule has 1 N–H and O–H groups in total. The first-order chi connectivity index (χ1) is 10.1. The maximum atomic E-state index is 6.39. The molecular formula is C16H28ClN3O. The van der Waals surface area contributed by atoms with Gasteiger partial charge in [0.25, 0.3) is 0 Å². The molecule has 120 valence electrons. The molecule has 1 aromatic heterocycles. The second-order valence-corrected chi connectivity index (χ2v) is 6.43. The first-order valence-corrected chi connectivity index (χ1v) is 8.52. The summed E-state index contributed by atoms with van der Waals surface area (Å²) < 4.78 is 7.81. The SMILES string of the molecule is CCCNC(Cc1c(Cl)c(C)nn1C)CC1CCCCO1. The summed E-state index contributed by atoms with van der Waals surface area (Å²) in [5.41, 5.74) is 2.04. The van der Waals surface area contributed by atoms with E-state index < -0.39 is 0 Å². The van der Waals surface area contributed by atoms with Crippen molar-refractivity contribution >= 4 is 11.6 Å². The van der Waals surface area contributed by atoms with Gasteiger partial charge < -0.3 is 10.1 Å². The lowest BCUT2D eigenvalue weighted by atomic mass is 9.98. The lowest BCUT2D eigenvalue weighted by Gasteiger charge is -2.27. The van der Waals surface area contributed by atoms with E-state index in [1.165, 1.54) is 19.3 Å². The van der Waals surface area contributed by atoms with Crippen LogP contribution in [0.15, 0.2) is 0 Å². The van der Waals surface area contributed by atoms with Crippen LogP contribution in [0.3, 0.4) is 0 Å². The van der Waals surface area contributed by atoms with Gasteiger partial charge in [-0.15, -0.1) is 0 Å². The van der Waals surface area contributed by atoms with E-state index in [1.54, 1.807) is 0 Å². The van der Waals surface area contributed by atoms with Crippen LogP contribution in [-0.2, 0) is 18.2 Å². The first kappa shape index (κ1) is 16.8. The molecule has 0 bridgehead atoms. The van der Waals surface area contributed by atoms with Gasteiger partial charge in [0.15, 0.2) is 0 Å². The van der Waals surface area contributed by atoms with Crippen molar-refractivity contribution in [1.82, 2.24) is 15.1 Å². The molecule has 0 spiro atoms. The van der Waals surface area contributed by atoms with Crippen molar-refractivity contribution < 1.29 is 4.74 Å². The van der Waals surface area contributed by atoms with Gasteiger partial charge in [-0.3, -0.25) is 4.68 Å². The van der Waals surface area contributed by atoms with Crippen molar-refractivity contribution in [3.8, 4) is 0 Å². The third-order valence-corrected chi connectivity index (χ3v) is 4.70. The van der Waals surface area contributed by atoms with Crippen LogP contribution in [0.4, 0.5) is 0 Å². The molecule has 2 unspecified atom stereocenters. The van der Waals surface area contributed by atoms with Crippen LogP contribution in [0.5, 0.6) is 0 Å². The highest BCUT2D eigenvalue weighted by atomic mass is 35.5. The molecular weight excluding hydrogens is 286 g/mol. The van der Waals surface area contributed by atoms with E-state index in [0.717, 1.165) is 48.8 Å². The normalized spacial score (nSPS) is 20.7. The van der Waals surface area contributed by atoms with Crippen molar-refractivity contribution in [2.24, 2.45) is 7.05 Å². The molecule has 1 saturated heterocycles. The molecule has 1 aromatic rings. The smallest absolute Gasteiger partial charge is 0.0847 e. The summed E-state index contributed by atoms with van der Waals surface area (Å²) in [4.78, 5) is 0. The molecule has 0 aliphatic carbocycles. The minimum absolute atomic E-state index is 0.390. The zero-order valence-corrected chi connectivity index (χ0v) is 14.2. The standard InChI is InChI=1S/C16H28ClN3O/c1-4-8-18-13(10-14-7-5-6-9-21-14)11-15-16(17)12(2)19-20(15)3/h13-14,18H,4-11H2,1-3H3. The van der Waals surface area contributed by atoms with Crippen molar-refractivity contribution in [1.29, 1.82) is 0 Å². The lowest BCUT2D eigenvalue weighted by Crippen LogP contribution is -2.37. The van der Waals surface area contributed by atoms with Crippen LogP contribution in [0, 0.1) is 6.92 Å². The Kier molecular flexibility index (Phi) is 6.52. The minimum atomic E-state index is 0.390. The summed E-state index contributed by atoms with van der Waals surface area (Å²) in [5, 5.41) is 8.88. The maximum absolute atomic E-state index is 6.39. The molecule has 0 aromatic carbocycles. The van der Waals surface area contributed by atoms with Crippen molar-refractivity contribution in [3.05, 3.63) is 16.4 Å². The van der Waals surface area contributed by atoms with Crippen LogP contribution in [-0.4, -0.2) is 35.1 Å². The summed E-state index contributed by atoms with van der Waals surface area (Å²) in [7, 11) is 1.97. The summed E-state index contributed by atoms with van der Waals surface area (Å²) in [6.07, 6.45) is 7.17. The average molecular weight is 314 g/mol. The van der Waals surface area contributed by atoms with Gasteiger partial charge >= 0.3 is 0 Å². The van der Waals surface area contributed by atoms with Gasteiger partial charge in [-0.05, 0) is 45.6 Å². The quantitative estimate of drug-likeness (QED) is 0.840. The Balaban J connectivity index is 2.00. The van der Waals surface area contributed by atoms with Gasteiger partial charge in [0.05, 0.1) is 22.5 Å². The zero-order chi connectivity index (χ0) is 15.2. The molecule has 0 amide bonds. The number of halogens is 1. The molecule has 1 aliphatic rings. The Morgan fingerprint density at radius 1 is 1.48 bits per heavy atom. The average Bonchev–Trinajstić information content (AvgIpc) is 2.72. The highest BCUT2D eigenvalue weighted by Crippen LogP contribution is 2.23. The number of ether oxygens (including phenoxy) is 1. The van der Waals surface area contributed by atoms with Gasteiger partial charge in [-0.25, -0.2) is 0 Å². The number of aromatic nitrogens is 2. The Morgan fingerprint density at radius 2 is 2.29 bits per heavy atom. The molecule has 4 nitrogen and oxygen atoms in total. The summed E-state index contributed by atoms with van der Waals surface area (Å²) in [5.74, 6) is 0. The van der Waals surface area contributed by atoms with Crippen molar-refractivity contribution in [3.63, 3.8) is 0 Å². The number of rotatable bonds is 7. The fourth-order valence-corrected chi connectivity index (χ4v) is 3.27. The van der Waals surface area contributed by atoms with Gasteiger partial charge in [0, 0.05) is 26.1 Å². The van der Waals surface area contributed by atoms with Crippen molar-refractivity contribution in [2.45, 2.75) is 64.5 Å². The number of nitrogens with one attached hydrogen (secondary N) is 1. The fraction of sp³-hybridized carbons (Fsp3) is 0.812.